The van der Waals surface area contributed by atoms with Gasteiger partial charge in [-0.05, 0) is 30.3 Å². The number of rotatable bonds is 4. The van der Waals surface area contributed by atoms with E-state index in [1.807, 2.05) is 0 Å². The van der Waals surface area contributed by atoms with E-state index in [4.69, 9.17) is 16.6 Å². The third-order valence-corrected chi connectivity index (χ3v) is 5.77. The standard InChI is InChI=1S/C21H11F3N2O4S2/c22-21(23,24)13-4-1-3-12(9-13)17-8-7-16(30-17)11-18-19(27)25(20(31)32-18)14-5-2-6-15(10-14)26(28)29/h1-11H/b18-11-. The SMILES string of the molecule is O=C1/C(=C/c2ccc(-c3cccc(C(F)(F)F)c3)o2)SC(=S)N1c1cccc([N+](=O)[O-])c1. The van der Waals surface area contributed by atoms with Crippen molar-refractivity contribution in [2.45, 2.75) is 6.18 Å². The molecule has 11 heteroatoms. The molecule has 1 aliphatic rings. The molecule has 0 saturated carbocycles. The lowest BCUT2D eigenvalue weighted by Crippen LogP contribution is -2.27. The highest BCUT2D eigenvalue weighted by atomic mass is 32.2. The molecule has 1 saturated heterocycles. The zero-order valence-corrected chi connectivity index (χ0v) is 17.5. The van der Waals surface area contributed by atoms with Crippen molar-refractivity contribution in [1.29, 1.82) is 0 Å². The van der Waals surface area contributed by atoms with E-state index in [-0.39, 0.29) is 37.7 Å². The fourth-order valence-electron chi connectivity index (χ4n) is 3.00. The molecule has 1 aromatic heterocycles. The van der Waals surface area contributed by atoms with Gasteiger partial charge in [-0.3, -0.25) is 19.8 Å². The third-order valence-electron chi connectivity index (χ3n) is 4.47. The van der Waals surface area contributed by atoms with Gasteiger partial charge in [0.05, 0.1) is 21.1 Å². The first-order valence-electron chi connectivity index (χ1n) is 8.93. The Morgan fingerprint density at radius 1 is 1.09 bits per heavy atom. The number of halogens is 3. The molecule has 0 bridgehead atoms. The zero-order valence-electron chi connectivity index (χ0n) is 15.8. The predicted octanol–water partition coefficient (Wildman–Crippen LogP) is 6.28. The molecule has 2 aromatic carbocycles. The van der Waals surface area contributed by atoms with Crippen molar-refractivity contribution in [2.75, 3.05) is 4.90 Å². The predicted molar refractivity (Wildman–Crippen MR) is 118 cm³/mol. The molecule has 0 aliphatic carbocycles. The van der Waals surface area contributed by atoms with Gasteiger partial charge in [-0.15, -0.1) is 0 Å². The molecule has 0 radical (unpaired) electrons. The van der Waals surface area contributed by atoms with E-state index in [0.717, 1.165) is 23.9 Å². The average molecular weight is 476 g/mol. The number of alkyl halides is 3. The minimum Gasteiger partial charge on any atom is -0.457 e. The summed E-state index contributed by atoms with van der Waals surface area (Å²) in [5, 5.41) is 11.0. The molecule has 1 amide bonds. The molecular formula is C21H11F3N2O4S2. The van der Waals surface area contributed by atoms with Gasteiger partial charge < -0.3 is 4.42 Å². The summed E-state index contributed by atoms with van der Waals surface area (Å²) < 4.78 is 44.7. The average Bonchev–Trinajstić information content (AvgIpc) is 3.32. The van der Waals surface area contributed by atoms with Crippen molar-refractivity contribution < 1.29 is 27.3 Å². The minimum atomic E-state index is -4.48. The van der Waals surface area contributed by atoms with Crippen molar-refractivity contribution in [3.05, 3.63) is 87.0 Å². The number of thioether (sulfide) groups is 1. The number of furan rings is 1. The number of non-ortho nitro benzene ring substituents is 1. The van der Waals surface area contributed by atoms with Gasteiger partial charge in [-0.1, -0.05) is 42.2 Å². The molecule has 3 aromatic rings. The van der Waals surface area contributed by atoms with Crippen molar-refractivity contribution >= 4 is 51.7 Å². The van der Waals surface area contributed by atoms with Crippen LogP contribution in [0.2, 0.25) is 0 Å². The monoisotopic (exact) mass is 476 g/mol. The number of hydrogen-bond acceptors (Lipinski definition) is 6. The first-order chi connectivity index (χ1) is 15.1. The second kappa shape index (κ2) is 8.24. The molecule has 1 fully saturated rings. The summed E-state index contributed by atoms with van der Waals surface area (Å²) in [7, 11) is 0. The summed E-state index contributed by atoms with van der Waals surface area (Å²) in [4.78, 5) is 24.7. The van der Waals surface area contributed by atoms with Crippen molar-refractivity contribution in [2.24, 2.45) is 0 Å². The van der Waals surface area contributed by atoms with E-state index >= 15 is 0 Å². The van der Waals surface area contributed by atoms with Crippen molar-refractivity contribution in [3.8, 4) is 11.3 Å². The summed E-state index contributed by atoms with van der Waals surface area (Å²) in [6.07, 6.45) is -3.06. The molecule has 162 valence electrons. The topological polar surface area (TPSA) is 76.6 Å². The lowest BCUT2D eigenvalue weighted by atomic mass is 10.1. The maximum absolute atomic E-state index is 13.0. The minimum absolute atomic E-state index is 0.183. The molecule has 2 heterocycles. The highest BCUT2D eigenvalue weighted by molar-refractivity contribution is 8.27. The van der Waals surface area contributed by atoms with Crippen LogP contribution in [-0.2, 0) is 11.0 Å². The number of nitro benzene ring substituents is 1. The second-order valence-electron chi connectivity index (χ2n) is 6.57. The van der Waals surface area contributed by atoms with Gasteiger partial charge in [0, 0.05) is 23.8 Å². The maximum atomic E-state index is 13.0. The van der Waals surface area contributed by atoms with Gasteiger partial charge >= 0.3 is 6.18 Å². The largest absolute Gasteiger partial charge is 0.457 e. The molecular weight excluding hydrogens is 465 g/mol. The van der Waals surface area contributed by atoms with E-state index in [9.17, 15) is 28.1 Å². The van der Waals surface area contributed by atoms with Crippen LogP contribution in [0.5, 0.6) is 0 Å². The summed E-state index contributed by atoms with van der Waals surface area (Å²) in [5.74, 6) is -0.0361. The Labute approximate surface area is 188 Å². The Morgan fingerprint density at radius 3 is 2.56 bits per heavy atom. The Morgan fingerprint density at radius 2 is 1.84 bits per heavy atom. The molecule has 6 nitrogen and oxygen atoms in total. The number of amides is 1. The van der Waals surface area contributed by atoms with Crippen LogP contribution in [-0.4, -0.2) is 15.2 Å². The highest BCUT2D eigenvalue weighted by Crippen LogP contribution is 2.38. The molecule has 0 atom stereocenters. The maximum Gasteiger partial charge on any atom is 0.416 e. The normalized spacial score (nSPS) is 15.6. The summed E-state index contributed by atoms with van der Waals surface area (Å²) in [5.41, 5.74) is -0.485. The first kappa shape index (κ1) is 21.8. The smallest absolute Gasteiger partial charge is 0.416 e. The summed E-state index contributed by atoms with van der Waals surface area (Å²) >= 11 is 6.24. The highest BCUT2D eigenvalue weighted by Gasteiger charge is 2.34. The van der Waals surface area contributed by atoms with Gasteiger partial charge in [-0.25, -0.2) is 0 Å². The lowest BCUT2D eigenvalue weighted by molar-refractivity contribution is -0.384. The van der Waals surface area contributed by atoms with E-state index < -0.39 is 22.6 Å². The number of benzene rings is 2. The Hall–Kier alpha value is -3.44. The quantitative estimate of drug-likeness (QED) is 0.191. The first-order valence-corrected chi connectivity index (χ1v) is 10.2. The van der Waals surface area contributed by atoms with E-state index in [0.29, 0.717) is 0 Å². The van der Waals surface area contributed by atoms with Gasteiger partial charge in [0.15, 0.2) is 4.32 Å². The molecule has 1 aliphatic heterocycles. The lowest BCUT2D eigenvalue weighted by Gasteiger charge is -2.13. The van der Waals surface area contributed by atoms with Crippen LogP contribution in [0.4, 0.5) is 24.5 Å². The third kappa shape index (κ3) is 4.30. The molecule has 0 N–H and O–H groups in total. The fourth-order valence-corrected chi connectivity index (χ4v) is 4.28. The van der Waals surface area contributed by atoms with Crippen LogP contribution < -0.4 is 4.90 Å². The number of carbonyl (C=O) groups is 1. The zero-order chi connectivity index (χ0) is 23.0. The van der Waals surface area contributed by atoms with Crippen LogP contribution in [0.25, 0.3) is 17.4 Å². The second-order valence-corrected chi connectivity index (χ2v) is 8.25. The van der Waals surface area contributed by atoms with Crippen molar-refractivity contribution in [3.63, 3.8) is 0 Å². The molecule has 4 rings (SSSR count). The number of carbonyl (C=O) groups excluding carboxylic acids is 1. The molecule has 0 unspecified atom stereocenters. The van der Waals surface area contributed by atoms with Crippen LogP contribution in [0.3, 0.4) is 0 Å². The number of anilines is 1. The van der Waals surface area contributed by atoms with Gasteiger partial charge in [-0.2, -0.15) is 13.2 Å². The van der Waals surface area contributed by atoms with Crippen molar-refractivity contribution in [1.82, 2.24) is 0 Å². The van der Waals surface area contributed by atoms with E-state index in [1.54, 1.807) is 0 Å². The Kier molecular flexibility index (Phi) is 5.61. The fraction of sp³-hybridized carbons (Fsp3) is 0.0476. The van der Waals surface area contributed by atoms with Crippen LogP contribution in [0.15, 0.2) is 70.0 Å². The molecule has 32 heavy (non-hydrogen) atoms. The van der Waals surface area contributed by atoms with E-state index in [1.165, 1.54) is 59.5 Å². The Balaban J connectivity index is 1.60. The number of nitrogens with zero attached hydrogens (tertiary/aromatic N) is 2. The molecule has 0 spiro atoms. The van der Waals surface area contributed by atoms with Crippen LogP contribution in [0.1, 0.15) is 11.3 Å². The number of thiocarbonyl (C=S) groups is 1. The number of hydrogen-bond donors (Lipinski definition) is 0. The van der Waals surface area contributed by atoms with Crippen LogP contribution in [0, 0.1) is 10.1 Å². The summed E-state index contributed by atoms with van der Waals surface area (Å²) in [6.45, 7) is 0. The van der Waals surface area contributed by atoms with Crippen LogP contribution >= 0.6 is 24.0 Å². The van der Waals surface area contributed by atoms with Gasteiger partial charge in [0.2, 0.25) is 0 Å². The van der Waals surface area contributed by atoms with Gasteiger partial charge in [0.25, 0.3) is 11.6 Å². The van der Waals surface area contributed by atoms with E-state index in [2.05, 4.69) is 0 Å². The number of nitro groups is 1. The van der Waals surface area contributed by atoms with Gasteiger partial charge in [0.1, 0.15) is 11.5 Å². The Bertz CT molecular complexity index is 1280. The summed E-state index contributed by atoms with van der Waals surface area (Å²) in [6, 6.07) is 13.3.